The summed E-state index contributed by atoms with van der Waals surface area (Å²) in [6, 6.07) is 15.0. The Morgan fingerprint density at radius 3 is 2.54 bits per heavy atom. The van der Waals surface area contributed by atoms with Gasteiger partial charge in [0.15, 0.2) is 0 Å². The Bertz CT molecular complexity index is 872. The summed E-state index contributed by atoms with van der Waals surface area (Å²) < 4.78 is 14.2. The minimum absolute atomic E-state index is 0.102. The number of carbonyl (C=O) groups is 1. The van der Waals surface area contributed by atoms with Crippen molar-refractivity contribution >= 4 is 23.9 Å². The van der Waals surface area contributed by atoms with E-state index in [1.807, 2.05) is 30.3 Å². The van der Waals surface area contributed by atoms with Crippen LogP contribution in [0.4, 0.5) is 16.3 Å². The Hall–Kier alpha value is -3.48. The molecule has 24 heavy (non-hydrogen) atoms. The van der Waals surface area contributed by atoms with Gasteiger partial charge in [-0.05, 0) is 35.9 Å². The van der Waals surface area contributed by atoms with E-state index in [0.29, 0.717) is 5.56 Å². The van der Waals surface area contributed by atoms with Gasteiger partial charge in [0.2, 0.25) is 5.95 Å². The molecule has 1 amide bonds. The zero-order chi connectivity index (χ0) is 16.9. The van der Waals surface area contributed by atoms with Crippen molar-refractivity contribution in [2.75, 3.05) is 11.1 Å². The fourth-order valence-corrected chi connectivity index (χ4v) is 2.03. The van der Waals surface area contributed by atoms with E-state index < -0.39 is 5.91 Å². The second kappa shape index (κ2) is 6.74. The van der Waals surface area contributed by atoms with Crippen molar-refractivity contribution in [3.05, 3.63) is 72.1 Å². The normalized spacial score (nSPS) is 10.9. The number of hydrogen-bond acceptors (Lipinski definition) is 4. The summed E-state index contributed by atoms with van der Waals surface area (Å²) in [5.41, 5.74) is 7.26. The van der Waals surface area contributed by atoms with E-state index in [2.05, 4.69) is 15.4 Å². The largest absolute Gasteiger partial charge is 0.368 e. The highest BCUT2D eigenvalue weighted by molar-refractivity contribution is 6.00. The summed E-state index contributed by atoms with van der Waals surface area (Å²) in [7, 11) is 0. The number of rotatable bonds is 4. The maximum absolute atomic E-state index is 12.8. The van der Waals surface area contributed by atoms with Crippen LogP contribution >= 0.6 is 0 Å². The van der Waals surface area contributed by atoms with Crippen LogP contribution in [0.3, 0.4) is 0 Å². The van der Waals surface area contributed by atoms with Gasteiger partial charge in [-0.1, -0.05) is 30.3 Å². The van der Waals surface area contributed by atoms with Crippen LogP contribution in [0, 0.1) is 5.82 Å². The number of halogens is 1. The molecule has 0 aliphatic heterocycles. The molecule has 120 valence electrons. The third-order valence-electron chi connectivity index (χ3n) is 3.17. The molecule has 7 heteroatoms. The van der Waals surface area contributed by atoms with Crippen LogP contribution in [0.25, 0.3) is 11.8 Å². The van der Waals surface area contributed by atoms with Crippen molar-refractivity contribution in [3.8, 4) is 5.69 Å². The lowest BCUT2D eigenvalue weighted by Crippen LogP contribution is -2.09. The molecule has 0 fully saturated rings. The van der Waals surface area contributed by atoms with E-state index >= 15 is 0 Å². The van der Waals surface area contributed by atoms with Gasteiger partial charge in [-0.2, -0.15) is 9.67 Å². The first-order valence-corrected chi connectivity index (χ1v) is 7.14. The van der Waals surface area contributed by atoms with Crippen molar-refractivity contribution in [3.63, 3.8) is 0 Å². The average molecular weight is 323 g/mol. The van der Waals surface area contributed by atoms with Gasteiger partial charge in [-0.25, -0.2) is 4.39 Å². The van der Waals surface area contributed by atoms with Crippen LogP contribution < -0.4 is 11.1 Å². The molecule has 0 saturated heterocycles. The third kappa shape index (κ3) is 3.64. The predicted octanol–water partition coefficient (Wildman–Crippen LogP) is 2.64. The lowest BCUT2D eigenvalue weighted by atomic mass is 10.2. The van der Waals surface area contributed by atoms with Crippen molar-refractivity contribution in [2.45, 2.75) is 0 Å². The molecule has 0 unspecified atom stereocenters. The molecule has 0 saturated carbocycles. The van der Waals surface area contributed by atoms with E-state index in [1.165, 1.54) is 22.9 Å². The van der Waals surface area contributed by atoms with E-state index in [-0.39, 0.29) is 17.7 Å². The van der Waals surface area contributed by atoms with Gasteiger partial charge in [0, 0.05) is 6.08 Å². The summed E-state index contributed by atoms with van der Waals surface area (Å²) in [5.74, 6) is -0.476. The minimum Gasteiger partial charge on any atom is -0.368 e. The van der Waals surface area contributed by atoms with Crippen LogP contribution in [0.5, 0.6) is 0 Å². The van der Waals surface area contributed by atoms with Crippen molar-refractivity contribution in [2.24, 2.45) is 0 Å². The number of nitrogens with one attached hydrogen (secondary N) is 1. The smallest absolute Gasteiger partial charge is 0.251 e. The molecule has 3 rings (SSSR count). The SMILES string of the molecule is Nc1nc(NC(=O)/C=C/c2ccc(F)cc2)nn1-c1ccccc1. The molecule has 0 radical (unpaired) electrons. The Kier molecular flexibility index (Phi) is 4.33. The summed E-state index contributed by atoms with van der Waals surface area (Å²) in [5, 5.41) is 6.68. The number of nitrogens with zero attached hydrogens (tertiary/aromatic N) is 3. The summed E-state index contributed by atoms with van der Waals surface area (Å²) in [6.07, 6.45) is 2.87. The second-order valence-corrected chi connectivity index (χ2v) is 4.92. The first kappa shape index (κ1) is 15.4. The second-order valence-electron chi connectivity index (χ2n) is 4.92. The fraction of sp³-hybridized carbons (Fsp3) is 0. The first-order chi connectivity index (χ1) is 11.6. The van der Waals surface area contributed by atoms with Crippen LogP contribution in [-0.4, -0.2) is 20.7 Å². The van der Waals surface area contributed by atoms with Gasteiger partial charge in [-0.15, -0.1) is 5.10 Å². The van der Waals surface area contributed by atoms with E-state index in [0.717, 1.165) is 5.69 Å². The number of benzene rings is 2. The Labute approximate surface area is 137 Å². The van der Waals surface area contributed by atoms with Gasteiger partial charge in [0.25, 0.3) is 11.9 Å². The van der Waals surface area contributed by atoms with Crippen LogP contribution in [-0.2, 0) is 4.79 Å². The Balaban J connectivity index is 1.70. The molecule has 1 heterocycles. The standard InChI is InChI=1S/C17H14FN5O/c18-13-9-6-12(7-10-13)8-11-15(24)20-17-21-16(19)23(22-17)14-4-2-1-3-5-14/h1-11H,(H3,19,20,21,22,24)/b11-8+. The van der Waals surface area contributed by atoms with Crippen molar-refractivity contribution < 1.29 is 9.18 Å². The molecule has 3 aromatic rings. The molecule has 0 bridgehead atoms. The van der Waals surface area contributed by atoms with Crippen molar-refractivity contribution in [1.29, 1.82) is 0 Å². The number of nitrogens with two attached hydrogens (primary N) is 1. The van der Waals surface area contributed by atoms with Gasteiger partial charge < -0.3 is 5.73 Å². The molecule has 0 spiro atoms. The molecule has 0 atom stereocenters. The molecule has 1 aromatic heterocycles. The highest BCUT2D eigenvalue weighted by Gasteiger charge is 2.09. The zero-order valence-corrected chi connectivity index (χ0v) is 12.6. The zero-order valence-electron chi connectivity index (χ0n) is 12.6. The average Bonchev–Trinajstić information content (AvgIpc) is 2.95. The number of anilines is 2. The molecule has 6 nitrogen and oxygen atoms in total. The molecule has 2 aromatic carbocycles. The summed E-state index contributed by atoms with van der Waals surface area (Å²) in [6.45, 7) is 0. The van der Waals surface area contributed by atoms with Gasteiger partial charge in [-0.3, -0.25) is 10.1 Å². The molecular formula is C17H14FN5O. The number of hydrogen-bond donors (Lipinski definition) is 2. The lowest BCUT2D eigenvalue weighted by Gasteiger charge is -2.00. The maximum atomic E-state index is 12.8. The maximum Gasteiger partial charge on any atom is 0.251 e. The minimum atomic E-state index is -0.412. The van der Waals surface area contributed by atoms with Crippen LogP contribution in [0.2, 0.25) is 0 Å². The van der Waals surface area contributed by atoms with E-state index in [1.54, 1.807) is 18.2 Å². The van der Waals surface area contributed by atoms with Gasteiger partial charge in [0.05, 0.1) is 5.69 Å². The number of aromatic nitrogens is 3. The van der Waals surface area contributed by atoms with Crippen LogP contribution in [0.1, 0.15) is 5.56 Å². The highest BCUT2D eigenvalue weighted by atomic mass is 19.1. The molecular weight excluding hydrogens is 309 g/mol. The Morgan fingerprint density at radius 1 is 1.12 bits per heavy atom. The summed E-state index contributed by atoms with van der Waals surface area (Å²) >= 11 is 0. The quantitative estimate of drug-likeness (QED) is 0.723. The van der Waals surface area contributed by atoms with Crippen molar-refractivity contribution in [1.82, 2.24) is 14.8 Å². The molecule has 0 aliphatic carbocycles. The Morgan fingerprint density at radius 2 is 1.83 bits per heavy atom. The van der Waals surface area contributed by atoms with Gasteiger partial charge >= 0.3 is 0 Å². The number of nitrogen functional groups attached to an aromatic ring is 1. The number of carbonyl (C=O) groups excluding carboxylic acids is 1. The van der Waals surface area contributed by atoms with E-state index in [9.17, 15) is 9.18 Å². The molecule has 0 aliphatic rings. The predicted molar refractivity (Wildman–Crippen MR) is 89.8 cm³/mol. The topological polar surface area (TPSA) is 85.8 Å². The lowest BCUT2D eigenvalue weighted by molar-refractivity contribution is -0.111. The van der Waals surface area contributed by atoms with E-state index in [4.69, 9.17) is 5.73 Å². The third-order valence-corrected chi connectivity index (χ3v) is 3.17. The monoisotopic (exact) mass is 323 g/mol. The van der Waals surface area contributed by atoms with Crippen LogP contribution in [0.15, 0.2) is 60.7 Å². The first-order valence-electron chi connectivity index (χ1n) is 7.14. The fourth-order valence-electron chi connectivity index (χ4n) is 2.03. The number of amides is 1. The highest BCUT2D eigenvalue weighted by Crippen LogP contribution is 2.13. The number of para-hydroxylation sites is 1. The molecule has 3 N–H and O–H groups in total. The summed E-state index contributed by atoms with van der Waals surface area (Å²) in [4.78, 5) is 15.9. The van der Waals surface area contributed by atoms with Gasteiger partial charge in [0.1, 0.15) is 5.82 Å².